The van der Waals surface area contributed by atoms with Crippen molar-refractivity contribution in [3.8, 4) is 0 Å². The van der Waals surface area contributed by atoms with Crippen molar-refractivity contribution in [2.75, 3.05) is 13.2 Å². The fourth-order valence-corrected chi connectivity index (χ4v) is 8.22. The maximum Gasteiger partial charge on any atom is 0.306 e. The van der Waals surface area contributed by atoms with Crippen molar-refractivity contribution in [3.05, 3.63) is 36.5 Å². The van der Waals surface area contributed by atoms with Crippen LogP contribution in [0.2, 0.25) is 0 Å². The second kappa shape index (κ2) is 53.2. The van der Waals surface area contributed by atoms with E-state index in [0.29, 0.717) is 19.3 Å². The smallest absolute Gasteiger partial charge is 0.306 e. The molecule has 1 unspecified atom stereocenters. The zero-order valence-electron chi connectivity index (χ0n) is 42.8. The second-order valence-electron chi connectivity index (χ2n) is 18.8. The van der Waals surface area contributed by atoms with E-state index < -0.39 is 6.10 Å². The Morgan fingerprint density at radius 3 is 0.953 bits per heavy atom. The highest BCUT2D eigenvalue weighted by molar-refractivity contribution is 5.71. The first-order valence-corrected chi connectivity index (χ1v) is 28.0. The van der Waals surface area contributed by atoms with Crippen LogP contribution in [0.5, 0.6) is 0 Å². The zero-order valence-corrected chi connectivity index (χ0v) is 42.8. The predicted octanol–water partition coefficient (Wildman–Crippen LogP) is 18.5. The highest BCUT2D eigenvalue weighted by atomic mass is 16.6. The third kappa shape index (κ3) is 50.6. The van der Waals surface area contributed by atoms with Gasteiger partial charge in [0.1, 0.15) is 13.2 Å². The maximum atomic E-state index is 12.7. The summed E-state index contributed by atoms with van der Waals surface area (Å²) in [7, 11) is 0. The number of hydrogen-bond acceptors (Lipinski definition) is 6. The molecule has 64 heavy (non-hydrogen) atoms. The average Bonchev–Trinajstić information content (AvgIpc) is 3.29. The van der Waals surface area contributed by atoms with Crippen molar-refractivity contribution in [3.63, 3.8) is 0 Å². The van der Waals surface area contributed by atoms with Gasteiger partial charge in [0, 0.05) is 19.3 Å². The van der Waals surface area contributed by atoms with E-state index in [1.54, 1.807) is 0 Å². The molecule has 0 aromatic heterocycles. The summed E-state index contributed by atoms with van der Waals surface area (Å²) in [5.74, 6) is -0.896. The lowest BCUT2D eigenvalue weighted by atomic mass is 10.0. The van der Waals surface area contributed by atoms with Crippen LogP contribution in [-0.4, -0.2) is 37.2 Å². The lowest BCUT2D eigenvalue weighted by molar-refractivity contribution is -0.167. The number of rotatable bonds is 51. The molecule has 0 aromatic rings. The van der Waals surface area contributed by atoms with Crippen LogP contribution in [0.1, 0.15) is 297 Å². The first-order chi connectivity index (χ1) is 31.5. The van der Waals surface area contributed by atoms with Crippen molar-refractivity contribution < 1.29 is 28.6 Å². The van der Waals surface area contributed by atoms with E-state index in [-0.39, 0.29) is 31.1 Å². The van der Waals surface area contributed by atoms with Crippen molar-refractivity contribution in [1.29, 1.82) is 0 Å². The number of allylic oxidation sites excluding steroid dienone is 6. The van der Waals surface area contributed by atoms with Crippen LogP contribution in [0.3, 0.4) is 0 Å². The SMILES string of the molecule is CC/C=C\C/C=C\C/C=C\CCCCCCCC(=O)OC(COC(=O)CCCCCCC)COC(=O)CCCCCCCCCCCCCCCCCCCCCCCCCCCC. The number of hydrogen-bond donors (Lipinski definition) is 0. The predicted molar refractivity (Wildman–Crippen MR) is 275 cm³/mol. The van der Waals surface area contributed by atoms with E-state index in [4.69, 9.17) is 14.2 Å². The van der Waals surface area contributed by atoms with E-state index >= 15 is 0 Å². The number of esters is 3. The zero-order chi connectivity index (χ0) is 46.5. The number of unbranched alkanes of at least 4 members (excludes halogenated alkanes) is 34. The molecule has 0 amide bonds. The molecule has 0 saturated carbocycles. The van der Waals surface area contributed by atoms with Gasteiger partial charge in [-0.1, -0.05) is 263 Å². The third-order valence-electron chi connectivity index (χ3n) is 12.4. The van der Waals surface area contributed by atoms with Gasteiger partial charge >= 0.3 is 17.9 Å². The Bertz CT molecular complexity index is 1080. The van der Waals surface area contributed by atoms with Gasteiger partial charge in [-0.25, -0.2) is 0 Å². The van der Waals surface area contributed by atoms with Gasteiger partial charge in [-0.15, -0.1) is 0 Å². The standard InChI is InChI=1S/C58H106O6/c1-4-7-10-13-15-17-19-21-23-24-25-26-27-28-29-30-31-32-33-35-36-38-40-42-45-48-51-57(60)63-54-55(53-62-56(59)50-47-44-12-9-6-3)64-58(61)52-49-46-43-41-39-37-34-22-20-18-16-14-11-8-5-2/h8,11,16,18,22,34,55H,4-7,9-10,12-15,17,19-21,23-33,35-54H2,1-3H3/b11-8-,18-16-,34-22-. The molecule has 0 aliphatic rings. The van der Waals surface area contributed by atoms with Crippen molar-refractivity contribution in [2.45, 2.75) is 303 Å². The minimum absolute atomic E-state index is 0.0763. The van der Waals surface area contributed by atoms with Gasteiger partial charge < -0.3 is 14.2 Å². The molecule has 6 nitrogen and oxygen atoms in total. The van der Waals surface area contributed by atoms with Gasteiger partial charge in [0.25, 0.3) is 0 Å². The molecule has 0 fully saturated rings. The van der Waals surface area contributed by atoms with Gasteiger partial charge in [0.05, 0.1) is 0 Å². The van der Waals surface area contributed by atoms with Crippen LogP contribution >= 0.6 is 0 Å². The van der Waals surface area contributed by atoms with Crippen molar-refractivity contribution in [2.24, 2.45) is 0 Å². The minimum Gasteiger partial charge on any atom is -0.462 e. The molecule has 0 rings (SSSR count). The summed E-state index contributed by atoms with van der Waals surface area (Å²) in [4.78, 5) is 37.7. The highest BCUT2D eigenvalue weighted by Crippen LogP contribution is 2.17. The first kappa shape index (κ1) is 61.6. The fraction of sp³-hybridized carbons (Fsp3) is 0.845. The van der Waals surface area contributed by atoms with Crippen LogP contribution in [0.25, 0.3) is 0 Å². The van der Waals surface area contributed by atoms with E-state index in [1.807, 2.05) is 0 Å². The quantitative estimate of drug-likeness (QED) is 0.0262. The summed E-state index contributed by atoms with van der Waals surface area (Å²) in [6, 6.07) is 0. The topological polar surface area (TPSA) is 78.9 Å². The molecule has 0 aliphatic carbocycles. The van der Waals surface area contributed by atoms with Crippen LogP contribution in [0, 0.1) is 0 Å². The van der Waals surface area contributed by atoms with E-state index in [0.717, 1.165) is 103 Å². The Morgan fingerprint density at radius 2 is 0.609 bits per heavy atom. The summed E-state index contributed by atoms with van der Waals surface area (Å²) in [6.07, 6.45) is 63.4. The summed E-state index contributed by atoms with van der Waals surface area (Å²) >= 11 is 0. The maximum absolute atomic E-state index is 12.7. The van der Waals surface area contributed by atoms with Crippen molar-refractivity contribution in [1.82, 2.24) is 0 Å². The Labute approximate surface area is 397 Å². The third-order valence-corrected chi connectivity index (χ3v) is 12.4. The van der Waals surface area contributed by atoms with E-state index in [9.17, 15) is 14.4 Å². The molecular formula is C58H106O6. The molecular weight excluding hydrogens is 793 g/mol. The van der Waals surface area contributed by atoms with Gasteiger partial charge in [0.15, 0.2) is 6.10 Å². The molecule has 374 valence electrons. The molecule has 0 spiro atoms. The summed E-state index contributed by atoms with van der Waals surface area (Å²) < 4.78 is 16.7. The number of carbonyl (C=O) groups is 3. The Morgan fingerprint density at radius 1 is 0.328 bits per heavy atom. The molecule has 0 aromatic carbocycles. The summed E-state index contributed by atoms with van der Waals surface area (Å²) in [5, 5.41) is 0. The molecule has 0 aliphatic heterocycles. The first-order valence-electron chi connectivity index (χ1n) is 28.0. The van der Waals surface area contributed by atoms with Crippen molar-refractivity contribution >= 4 is 17.9 Å². The second-order valence-corrected chi connectivity index (χ2v) is 18.8. The fourth-order valence-electron chi connectivity index (χ4n) is 8.22. The number of carbonyl (C=O) groups excluding carboxylic acids is 3. The molecule has 0 heterocycles. The summed E-state index contributed by atoms with van der Waals surface area (Å²) in [6.45, 7) is 6.46. The Balaban J connectivity index is 4.00. The van der Waals surface area contributed by atoms with Crippen LogP contribution in [0.15, 0.2) is 36.5 Å². The van der Waals surface area contributed by atoms with Crippen LogP contribution in [0.4, 0.5) is 0 Å². The highest BCUT2D eigenvalue weighted by Gasteiger charge is 2.19. The Kier molecular flexibility index (Phi) is 51.3. The van der Waals surface area contributed by atoms with E-state index in [1.165, 1.54) is 154 Å². The van der Waals surface area contributed by atoms with E-state index in [2.05, 4.69) is 57.2 Å². The molecule has 0 N–H and O–H groups in total. The van der Waals surface area contributed by atoms with Gasteiger partial charge in [-0.3, -0.25) is 14.4 Å². The van der Waals surface area contributed by atoms with Crippen LogP contribution < -0.4 is 0 Å². The van der Waals surface area contributed by atoms with Gasteiger partial charge in [0.2, 0.25) is 0 Å². The monoisotopic (exact) mass is 899 g/mol. The van der Waals surface area contributed by atoms with Crippen LogP contribution in [-0.2, 0) is 28.6 Å². The molecule has 0 radical (unpaired) electrons. The molecule has 6 heteroatoms. The van der Waals surface area contributed by atoms with Gasteiger partial charge in [-0.2, -0.15) is 0 Å². The minimum atomic E-state index is -0.774. The normalized spacial score (nSPS) is 12.2. The molecule has 1 atom stereocenters. The van der Waals surface area contributed by atoms with Gasteiger partial charge in [-0.05, 0) is 51.4 Å². The molecule has 0 bridgehead atoms. The largest absolute Gasteiger partial charge is 0.462 e. The lowest BCUT2D eigenvalue weighted by Gasteiger charge is -2.18. The molecule has 0 saturated heterocycles. The Hall–Kier alpha value is -2.37. The average molecular weight is 899 g/mol. The summed E-state index contributed by atoms with van der Waals surface area (Å²) in [5.41, 5.74) is 0. The lowest BCUT2D eigenvalue weighted by Crippen LogP contribution is -2.30. The number of ether oxygens (including phenoxy) is 3.